The zero-order valence-electron chi connectivity index (χ0n) is 56.5. The minimum Gasteiger partial charge on any atom is -0.466 e. The van der Waals surface area contributed by atoms with Gasteiger partial charge in [-0.15, -0.1) is 0 Å². The molecule has 0 atom stereocenters. The van der Waals surface area contributed by atoms with Crippen LogP contribution >= 0.6 is 0 Å². The minimum atomic E-state index is -0.720. The summed E-state index contributed by atoms with van der Waals surface area (Å²) in [5, 5.41) is 40.7. The van der Waals surface area contributed by atoms with Gasteiger partial charge in [-0.3, -0.25) is 19.2 Å². The first-order valence-electron chi connectivity index (χ1n) is 36.5. The number of carbonyl (C=O) groups is 4. The highest BCUT2D eigenvalue weighted by molar-refractivity contribution is 5.73. The van der Waals surface area contributed by atoms with Gasteiger partial charge in [-0.2, -0.15) is 0 Å². The number of rotatable bonds is 58. The molecule has 0 unspecified atom stereocenters. The third-order valence-electron chi connectivity index (χ3n) is 18.3. The van der Waals surface area contributed by atoms with Gasteiger partial charge < -0.3 is 49.2 Å². The van der Waals surface area contributed by atoms with Crippen molar-refractivity contribution in [3.8, 4) is 0 Å². The summed E-state index contributed by atoms with van der Waals surface area (Å²) in [5.74, 6) is -0.161. The summed E-state index contributed by atoms with van der Waals surface area (Å²) in [4.78, 5) is 53.5. The molecule has 0 amide bonds. The lowest BCUT2D eigenvalue weighted by atomic mass is 9.85. The van der Waals surface area contributed by atoms with Crippen LogP contribution in [0, 0.1) is 11.8 Å². The van der Waals surface area contributed by atoms with E-state index < -0.39 is 11.2 Å². The summed E-state index contributed by atoms with van der Waals surface area (Å²) >= 11 is 0. The lowest BCUT2D eigenvalue weighted by Crippen LogP contribution is -2.34. The van der Waals surface area contributed by atoms with Crippen molar-refractivity contribution in [2.45, 2.75) is 346 Å². The number of hydrogen-bond donors (Lipinski definition) is 4. The molecule has 2 saturated heterocycles. The van der Waals surface area contributed by atoms with E-state index in [1.807, 2.05) is 0 Å². The SMILES string of the molecule is CCCCCCCCCCCC(=O)OCCCCCCC(O)(CCCCCCOC(=O)CCCCCCCCCCC)CCCCOC(=O)C1CCN(C)CC1.CN1CCC(C(=O)OCCCCC(O)(CCCCCCO)CCCCCCO)CC1. The standard InChI is InChI=1S/C48H91NO7.C24H47NO5/c1-4-6-8-10-12-14-16-18-24-32-45(50)54-41-29-22-20-26-36-48(53,38-28-31-43-56-47(52)44-34-39-49(3)40-35-44)37-27-21-23-30-42-55-46(51)33-25-19-17-15-13-11-9-7-5-2;1-25-17-12-22(13-18-25)23(28)30-21-11-8-16-24(29,14-6-2-4-9-19-26)15-7-3-5-10-20-27/h44,53H,4-43H2,1-3H3;22,26-27,29H,2-21H2,1H3. The Hall–Kier alpha value is -2.36. The molecule has 0 aromatic carbocycles. The van der Waals surface area contributed by atoms with Crippen LogP contribution in [0.15, 0.2) is 0 Å². The highest BCUT2D eigenvalue weighted by Crippen LogP contribution is 2.31. The Morgan fingerprint density at radius 1 is 0.337 bits per heavy atom. The van der Waals surface area contributed by atoms with Gasteiger partial charge in [0.25, 0.3) is 0 Å². The molecule has 14 nitrogen and oxygen atoms in total. The Labute approximate surface area is 527 Å². The number of ether oxygens (including phenoxy) is 4. The van der Waals surface area contributed by atoms with Crippen molar-refractivity contribution in [3.63, 3.8) is 0 Å². The number of nitrogens with zero attached hydrogens (tertiary/aromatic N) is 2. The first-order chi connectivity index (χ1) is 41.8. The molecular formula is C72H138N2O12. The first-order valence-corrected chi connectivity index (χ1v) is 36.5. The van der Waals surface area contributed by atoms with Gasteiger partial charge in [-0.1, -0.05) is 194 Å². The number of aliphatic hydroxyl groups is 4. The molecule has 2 fully saturated rings. The van der Waals surface area contributed by atoms with Gasteiger partial charge in [0.15, 0.2) is 0 Å². The zero-order valence-corrected chi connectivity index (χ0v) is 56.5. The maximum atomic E-state index is 12.5. The predicted molar refractivity (Wildman–Crippen MR) is 352 cm³/mol. The summed E-state index contributed by atoms with van der Waals surface area (Å²) in [5.41, 5.74) is -1.36. The number of esters is 4. The van der Waals surface area contributed by atoms with E-state index in [2.05, 4.69) is 37.7 Å². The van der Waals surface area contributed by atoms with Crippen LogP contribution in [0.1, 0.15) is 335 Å². The molecule has 14 heteroatoms. The average molecular weight is 1220 g/mol. The summed E-state index contributed by atoms with van der Waals surface area (Å²) in [7, 11) is 4.18. The van der Waals surface area contributed by atoms with Crippen LogP contribution in [0.2, 0.25) is 0 Å². The quantitative estimate of drug-likeness (QED) is 0.0255. The summed E-state index contributed by atoms with van der Waals surface area (Å²) < 4.78 is 22.1. The Bertz CT molecular complexity index is 1490. The van der Waals surface area contributed by atoms with Crippen molar-refractivity contribution >= 4 is 23.9 Å². The molecule has 2 aliphatic rings. The van der Waals surface area contributed by atoms with Gasteiger partial charge in [0.1, 0.15) is 0 Å². The molecule has 0 bridgehead atoms. The van der Waals surface area contributed by atoms with E-state index in [1.165, 1.54) is 89.9 Å². The van der Waals surface area contributed by atoms with E-state index >= 15 is 0 Å². The Kier molecular flexibility index (Phi) is 54.9. The van der Waals surface area contributed by atoms with Crippen LogP contribution < -0.4 is 0 Å². The number of unbranched alkanes of at least 4 members (excludes halogenated alkanes) is 30. The van der Waals surface area contributed by atoms with E-state index in [0.29, 0.717) is 45.7 Å². The van der Waals surface area contributed by atoms with E-state index in [-0.39, 0.29) is 48.9 Å². The summed E-state index contributed by atoms with van der Waals surface area (Å²) in [6.45, 7) is 10.7. The predicted octanol–water partition coefficient (Wildman–Crippen LogP) is 16.3. The lowest BCUT2D eigenvalue weighted by Gasteiger charge is -2.29. The van der Waals surface area contributed by atoms with Crippen molar-refractivity contribution in [3.05, 3.63) is 0 Å². The fraction of sp³-hybridized carbons (Fsp3) is 0.944. The smallest absolute Gasteiger partial charge is 0.309 e. The van der Waals surface area contributed by atoms with Crippen molar-refractivity contribution < 1.29 is 58.6 Å². The molecule has 4 N–H and O–H groups in total. The molecule has 2 rings (SSSR count). The van der Waals surface area contributed by atoms with E-state index in [1.54, 1.807) is 0 Å². The molecule has 0 spiro atoms. The van der Waals surface area contributed by atoms with Crippen LogP contribution in [0.4, 0.5) is 0 Å². The monoisotopic (exact) mass is 1220 g/mol. The lowest BCUT2D eigenvalue weighted by molar-refractivity contribution is -0.151. The highest BCUT2D eigenvalue weighted by atomic mass is 16.5. The highest BCUT2D eigenvalue weighted by Gasteiger charge is 2.29. The Morgan fingerprint density at radius 3 is 0.872 bits per heavy atom. The normalized spacial score (nSPS) is 14.7. The molecule has 86 heavy (non-hydrogen) atoms. The molecule has 508 valence electrons. The zero-order chi connectivity index (χ0) is 62.9. The van der Waals surface area contributed by atoms with Crippen molar-refractivity contribution in [1.29, 1.82) is 0 Å². The van der Waals surface area contributed by atoms with Gasteiger partial charge in [0, 0.05) is 26.1 Å². The van der Waals surface area contributed by atoms with Crippen molar-refractivity contribution in [2.75, 3.05) is 79.9 Å². The molecule has 0 aromatic heterocycles. The second-order valence-corrected chi connectivity index (χ2v) is 26.6. The third-order valence-corrected chi connectivity index (χ3v) is 18.3. The van der Waals surface area contributed by atoms with Crippen LogP contribution in [0.5, 0.6) is 0 Å². The van der Waals surface area contributed by atoms with Gasteiger partial charge in [0.2, 0.25) is 0 Å². The van der Waals surface area contributed by atoms with Crippen molar-refractivity contribution in [2.24, 2.45) is 11.8 Å². The molecule has 2 heterocycles. The van der Waals surface area contributed by atoms with Gasteiger partial charge in [-0.05, 0) is 169 Å². The molecule has 2 aliphatic heterocycles. The van der Waals surface area contributed by atoms with E-state index in [9.17, 15) is 29.4 Å². The van der Waals surface area contributed by atoms with Gasteiger partial charge >= 0.3 is 23.9 Å². The number of aliphatic hydroxyl groups excluding tert-OH is 2. The second-order valence-electron chi connectivity index (χ2n) is 26.6. The number of hydrogen-bond acceptors (Lipinski definition) is 14. The fourth-order valence-corrected chi connectivity index (χ4v) is 12.3. The average Bonchev–Trinajstić information content (AvgIpc) is 3.72. The molecule has 0 aliphatic carbocycles. The maximum absolute atomic E-state index is 12.5. The minimum absolute atomic E-state index is 0.0228. The van der Waals surface area contributed by atoms with Crippen LogP contribution in [0.3, 0.4) is 0 Å². The van der Waals surface area contributed by atoms with E-state index in [4.69, 9.17) is 29.2 Å². The van der Waals surface area contributed by atoms with Crippen LogP contribution in [0.25, 0.3) is 0 Å². The molecule has 0 radical (unpaired) electrons. The summed E-state index contributed by atoms with van der Waals surface area (Å²) in [6, 6.07) is 0. The third kappa shape index (κ3) is 49.4. The number of piperidine rings is 2. The Morgan fingerprint density at radius 2 is 0.570 bits per heavy atom. The molecular weight excluding hydrogens is 1080 g/mol. The first kappa shape index (κ1) is 81.7. The number of likely N-dealkylation sites (tertiary alicyclic amines) is 2. The largest absolute Gasteiger partial charge is 0.466 e. The van der Waals surface area contributed by atoms with Crippen molar-refractivity contribution in [1.82, 2.24) is 9.80 Å². The maximum Gasteiger partial charge on any atom is 0.309 e. The summed E-state index contributed by atoms with van der Waals surface area (Å²) in [6.07, 6.45) is 50.2. The topological polar surface area (TPSA) is 193 Å². The molecule has 0 aromatic rings. The second kappa shape index (κ2) is 57.8. The fourth-order valence-electron chi connectivity index (χ4n) is 12.3. The molecule has 0 saturated carbocycles. The van der Waals surface area contributed by atoms with Gasteiger partial charge in [0.05, 0.1) is 49.5 Å². The number of carbonyl (C=O) groups excluding carboxylic acids is 4. The van der Waals surface area contributed by atoms with Crippen LogP contribution in [-0.4, -0.2) is 145 Å². The van der Waals surface area contributed by atoms with Gasteiger partial charge in [-0.25, -0.2) is 0 Å². The van der Waals surface area contributed by atoms with E-state index in [0.717, 1.165) is 238 Å². The van der Waals surface area contributed by atoms with Crippen LogP contribution in [-0.2, 0) is 38.1 Å². The Balaban J connectivity index is 0.00000103.